The minimum Gasteiger partial charge on any atom is -0.295 e. The second-order valence-corrected chi connectivity index (χ2v) is 5.57. The molecule has 0 atom stereocenters. The van der Waals surface area contributed by atoms with Crippen molar-refractivity contribution in [3.63, 3.8) is 0 Å². The first kappa shape index (κ1) is 16.1. The van der Waals surface area contributed by atoms with Crippen LogP contribution < -0.4 is 0 Å². The first-order valence-corrected chi connectivity index (χ1v) is 7.65. The summed E-state index contributed by atoms with van der Waals surface area (Å²) < 4.78 is 0. The lowest BCUT2D eigenvalue weighted by Crippen LogP contribution is -2.35. The van der Waals surface area contributed by atoms with Crippen molar-refractivity contribution in [1.29, 1.82) is 0 Å². The molecule has 0 aliphatic rings. The van der Waals surface area contributed by atoms with Gasteiger partial charge in [0.25, 0.3) is 0 Å². The van der Waals surface area contributed by atoms with E-state index in [2.05, 4.69) is 18.7 Å². The highest BCUT2D eigenvalue weighted by molar-refractivity contribution is 6.42. The van der Waals surface area contributed by atoms with Crippen LogP contribution in [0.5, 0.6) is 0 Å². The molecule has 0 amide bonds. The maximum absolute atomic E-state index is 6.05. The Labute approximate surface area is 125 Å². The Morgan fingerprint density at radius 3 is 2.28 bits per heavy atom. The molecule has 1 aromatic rings. The highest BCUT2D eigenvalue weighted by Crippen LogP contribution is 2.24. The van der Waals surface area contributed by atoms with Gasteiger partial charge in [0.1, 0.15) is 0 Å². The van der Waals surface area contributed by atoms with Gasteiger partial charge in [0.05, 0.1) is 10.0 Å². The van der Waals surface area contributed by atoms with Crippen LogP contribution in [-0.2, 0) is 6.54 Å². The lowest BCUT2D eigenvalue weighted by atomic mass is 10.1. The fourth-order valence-corrected chi connectivity index (χ4v) is 2.71. The molecular formula is C14H20Cl3N. The van der Waals surface area contributed by atoms with E-state index in [4.69, 9.17) is 34.8 Å². The maximum atomic E-state index is 6.05. The molecular weight excluding hydrogens is 289 g/mol. The number of hydrogen-bond donors (Lipinski definition) is 0. The van der Waals surface area contributed by atoms with Crippen LogP contribution in [0.3, 0.4) is 0 Å². The van der Waals surface area contributed by atoms with E-state index in [-0.39, 0.29) is 0 Å². The number of rotatable bonds is 7. The van der Waals surface area contributed by atoms with Gasteiger partial charge in [-0.3, -0.25) is 4.90 Å². The van der Waals surface area contributed by atoms with Crippen LogP contribution in [0.2, 0.25) is 10.0 Å². The van der Waals surface area contributed by atoms with E-state index < -0.39 is 0 Å². The number of alkyl halides is 1. The minimum absolute atomic E-state index is 0.568. The quantitative estimate of drug-likeness (QED) is 0.624. The third-order valence-corrected chi connectivity index (χ3v) is 4.11. The van der Waals surface area contributed by atoms with Gasteiger partial charge < -0.3 is 0 Å². The topological polar surface area (TPSA) is 3.24 Å². The Balaban J connectivity index is 2.78. The Morgan fingerprint density at radius 1 is 1.11 bits per heavy atom. The Morgan fingerprint density at radius 2 is 1.78 bits per heavy atom. The number of nitrogens with zero attached hydrogens (tertiary/aromatic N) is 1. The summed E-state index contributed by atoms with van der Waals surface area (Å²) in [4.78, 5) is 2.41. The summed E-state index contributed by atoms with van der Waals surface area (Å²) in [6, 6.07) is 6.38. The highest BCUT2D eigenvalue weighted by atomic mass is 35.5. The second kappa shape index (κ2) is 8.27. The van der Waals surface area contributed by atoms with Crippen LogP contribution in [0.4, 0.5) is 0 Å². The molecule has 0 bridgehead atoms. The standard InChI is InChI=1S/C14H20Cl3N/c1-3-12(4-2)18(8-7-15)10-11-5-6-13(16)14(17)9-11/h5-6,9,12H,3-4,7-8,10H2,1-2H3. The lowest BCUT2D eigenvalue weighted by Gasteiger charge is -2.30. The van der Waals surface area contributed by atoms with Crippen LogP contribution in [-0.4, -0.2) is 23.4 Å². The molecule has 0 spiro atoms. The third-order valence-electron chi connectivity index (χ3n) is 3.20. The van der Waals surface area contributed by atoms with Crippen molar-refractivity contribution in [3.8, 4) is 0 Å². The van der Waals surface area contributed by atoms with E-state index in [0.29, 0.717) is 22.0 Å². The minimum atomic E-state index is 0.568. The first-order chi connectivity index (χ1) is 8.62. The zero-order valence-corrected chi connectivity index (χ0v) is 13.2. The predicted molar refractivity (Wildman–Crippen MR) is 82.0 cm³/mol. The monoisotopic (exact) mass is 307 g/mol. The van der Waals surface area contributed by atoms with Crippen molar-refractivity contribution in [1.82, 2.24) is 4.90 Å². The Kier molecular flexibility index (Phi) is 7.40. The number of benzene rings is 1. The van der Waals surface area contributed by atoms with E-state index >= 15 is 0 Å². The molecule has 0 fully saturated rings. The average Bonchev–Trinajstić information content (AvgIpc) is 2.35. The molecule has 1 rings (SSSR count). The fourth-order valence-electron chi connectivity index (χ4n) is 2.18. The molecule has 0 aliphatic carbocycles. The van der Waals surface area contributed by atoms with Gasteiger partial charge in [-0.1, -0.05) is 43.1 Å². The largest absolute Gasteiger partial charge is 0.295 e. The predicted octanol–water partition coefficient (Wildman–Crippen LogP) is 5.22. The zero-order valence-electron chi connectivity index (χ0n) is 10.9. The van der Waals surface area contributed by atoms with Gasteiger partial charge in [-0.2, -0.15) is 0 Å². The van der Waals surface area contributed by atoms with Gasteiger partial charge in [0, 0.05) is 25.0 Å². The second-order valence-electron chi connectivity index (χ2n) is 4.38. The molecule has 0 aromatic heterocycles. The molecule has 102 valence electrons. The number of hydrogen-bond acceptors (Lipinski definition) is 1. The average molecular weight is 309 g/mol. The van der Waals surface area contributed by atoms with Crippen molar-refractivity contribution in [2.45, 2.75) is 39.3 Å². The van der Waals surface area contributed by atoms with Gasteiger partial charge in [-0.05, 0) is 30.5 Å². The summed E-state index contributed by atoms with van der Waals surface area (Å²) >= 11 is 17.9. The molecule has 1 aromatic carbocycles. The molecule has 4 heteroatoms. The molecule has 1 nitrogen and oxygen atoms in total. The molecule has 0 unspecified atom stereocenters. The van der Waals surface area contributed by atoms with Crippen LogP contribution in [0.15, 0.2) is 18.2 Å². The molecule has 0 aliphatic heterocycles. The Bertz CT molecular complexity index is 364. The number of halogens is 3. The first-order valence-electron chi connectivity index (χ1n) is 6.36. The summed E-state index contributed by atoms with van der Waals surface area (Å²) in [5.74, 6) is 0.651. The molecule has 0 heterocycles. The van der Waals surface area contributed by atoms with Gasteiger partial charge >= 0.3 is 0 Å². The summed E-state index contributed by atoms with van der Waals surface area (Å²) in [5.41, 5.74) is 1.18. The summed E-state index contributed by atoms with van der Waals surface area (Å²) in [6.45, 7) is 6.19. The molecule has 0 radical (unpaired) electrons. The van der Waals surface area contributed by atoms with Crippen molar-refractivity contribution >= 4 is 34.8 Å². The van der Waals surface area contributed by atoms with Gasteiger partial charge in [0.15, 0.2) is 0 Å². The molecule has 0 saturated carbocycles. The zero-order chi connectivity index (χ0) is 13.5. The van der Waals surface area contributed by atoms with Crippen LogP contribution in [0.1, 0.15) is 32.3 Å². The van der Waals surface area contributed by atoms with Crippen LogP contribution >= 0.6 is 34.8 Å². The van der Waals surface area contributed by atoms with E-state index in [1.807, 2.05) is 18.2 Å². The summed E-state index contributed by atoms with van der Waals surface area (Å²) in [5, 5.41) is 1.22. The highest BCUT2D eigenvalue weighted by Gasteiger charge is 2.15. The van der Waals surface area contributed by atoms with E-state index in [1.165, 1.54) is 5.56 Å². The summed E-state index contributed by atoms with van der Waals surface area (Å²) in [6.07, 6.45) is 2.27. The van der Waals surface area contributed by atoms with Gasteiger partial charge in [0.2, 0.25) is 0 Å². The van der Waals surface area contributed by atoms with Crippen LogP contribution in [0, 0.1) is 0 Å². The van der Waals surface area contributed by atoms with Crippen molar-refractivity contribution < 1.29 is 0 Å². The SMILES string of the molecule is CCC(CC)N(CCCl)Cc1ccc(Cl)c(Cl)c1. The normalized spacial score (nSPS) is 11.5. The van der Waals surface area contributed by atoms with Crippen molar-refractivity contribution in [2.24, 2.45) is 0 Å². The van der Waals surface area contributed by atoms with Crippen molar-refractivity contribution in [2.75, 3.05) is 12.4 Å². The summed E-state index contributed by atoms with van der Waals surface area (Å²) in [7, 11) is 0. The fraction of sp³-hybridized carbons (Fsp3) is 0.571. The maximum Gasteiger partial charge on any atom is 0.0595 e. The molecule has 0 saturated heterocycles. The van der Waals surface area contributed by atoms with E-state index in [9.17, 15) is 0 Å². The molecule has 0 N–H and O–H groups in total. The van der Waals surface area contributed by atoms with E-state index in [1.54, 1.807) is 0 Å². The lowest BCUT2D eigenvalue weighted by molar-refractivity contribution is 0.188. The Hall–Kier alpha value is 0.0500. The molecule has 18 heavy (non-hydrogen) atoms. The van der Waals surface area contributed by atoms with Gasteiger partial charge in [-0.15, -0.1) is 11.6 Å². The smallest absolute Gasteiger partial charge is 0.0595 e. The van der Waals surface area contributed by atoms with Gasteiger partial charge in [-0.25, -0.2) is 0 Å². The van der Waals surface area contributed by atoms with E-state index in [0.717, 1.165) is 25.9 Å². The third kappa shape index (κ3) is 4.62. The van der Waals surface area contributed by atoms with Crippen LogP contribution in [0.25, 0.3) is 0 Å². The van der Waals surface area contributed by atoms with Crippen molar-refractivity contribution in [3.05, 3.63) is 33.8 Å².